The molecule has 0 unspecified atom stereocenters. The Balaban J connectivity index is 1.48. The van der Waals surface area contributed by atoms with E-state index in [1.807, 2.05) is 16.2 Å². The molecule has 0 bridgehead atoms. The molecule has 4 aromatic rings. The van der Waals surface area contributed by atoms with E-state index in [-0.39, 0.29) is 5.69 Å². The molecule has 2 aliphatic rings. The van der Waals surface area contributed by atoms with Gasteiger partial charge in [-0.3, -0.25) is 9.13 Å². The molecule has 0 spiro atoms. The van der Waals surface area contributed by atoms with E-state index in [4.69, 9.17) is 4.98 Å². The van der Waals surface area contributed by atoms with Crippen molar-refractivity contribution >= 4 is 11.0 Å². The summed E-state index contributed by atoms with van der Waals surface area (Å²) in [6.07, 6.45) is 8.08. The highest BCUT2D eigenvalue weighted by atomic mass is 16.1. The van der Waals surface area contributed by atoms with Crippen LogP contribution >= 0.6 is 0 Å². The highest BCUT2D eigenvalue weighted by Crippen LogP contribution is 2.36. The smallest absolute Gasteiger partial charge is 0.329 e. The first-order chi connectivity index (χ1) is 17.1. The van der Waals surface area contributed by atoms with Crippen molar-refractivity contribution in [3.05, 3.63) is 64.3 Å². The summed E-state index contributed by atoms with van der Waals surface area (Å²) in [5, 5.41) is 3.46. The molecule has 6 heteroatoms. The second-order valence-corrected chi connectivity index (χ2v) is 10.4. The summed E-state index contributed by atoms with van der Waals surface area (Å²) < 4.78 is 3.87. The highest BCUT2D eigenvalue weighted by molar-refractivity contribution is 5.86. The standard InChI is InChI=1S/C29H35N5O/c1-19-7-6-8-21(17-19)26-27(32-28(31-26)20-13-15-30-16-14-20)22-11-12-24-25(18-22)33(2)29(35)34(24)23-9-4-3-5-10-23/h6-8,11-12,17-18,20,23,30H,3-5,9-10,13-16H2,1-2H3,(H,31,32). The zero-order chi connectivity index (χ0) is 23.9. The zero-order valence-corrected chi connectivity index (χ0v) is 20.8. The number of nitrogens with one attached hydrogen (secondary N) is 2. The first-order valence-corrected chi connectivity index (χ1v) is 13.2. The Kier molecular flexibility index (Phi) is 5.85. The number of imidazole rings is 2. The van der Waals surface area contributed by atoms with Gasteiger partial charge in [-0.2, -0.15) is 0 Å². The number of rotatable bonds is 4. The third-order valence-corrected chi connectivity index (χ3v) is 8.06. The predicted molar refractivity (Wildman–Crippen MR) is 142 cm³/mol. The van der Waals surface area contributed by atoms with Crippen molar-refractivity contribution in [1.82, 2.24) is 24.4 Å². The van der Waals surface area contributed by atoms with Crippen LogP contribution in [0.3, 0.4) is 0 Å². The Morgan fingerprint density at radius 1 is 0.914 bits per heavy atom. The second kappa shape index (κ2) is 9.15. The lowest BCUT2D eigenvalue weighted by Crippen LogP contribution is -2.27. The molecule has 35 heavy (non-hydrogen) atoms. The minimum atomic E-state index is 0.1000. The molecule has 2 fully saturated rings. The fourth-order valence-electron chi connectivity index (χ4n) is 6.10. The topological polar surface area (TPSA) is 67.6 Å². The number of aromatic nitrogens is 4. The number of aromatic amines is 1. The van der Waals surface area contributed by atoms with Crippen LogP contribution in [0, 0.1) is 6.92 Å². The average molecular weight is 470 g/mol. The van der Waals surface area contributed by atoms with Crippen LogP contribution in [0.15, 0.2) is 47.3 Å². The molecule has 2 aromatic heterocycles. The monoisotopic (exact) mass is 469 g/mol. The molecular formula is C29H35N5O. The summed E-state index contributed by atoms with van der Waals surface area (Å²) >= 11 is 0. The lowest BCUT2D eigenvalue weighted by atomic mass is 9.95. The van der Waals surface area contributed by atoms with E-state index in [0.29, 0.717) is 12.0 Å². The molecule has 6 rings (SSSR count). The molecule has 182 valence electrons. The number of fused-ring (bicyclic) bond motifs is 1. The van der Waals surface area contributed by atoms with Gasteiger partial charge in [-0.15, -0.1) is 0 Å². The maximum atomic E-state index is 13.3. The fraction of sp³-hybridized carbons (Fsp3) is 0.448. The van der Waals surface area contributed by atoms with Crippen LogP contribution in [0.2, 0.25) is 0 Å². The number of aryl methyl sites for hydroxylation is 2. The summed E-state index contributed by atoms with van der Waals surface area (Å²) in [4.78, 5) is 22.2. The third kappa shape index (κ3) is 4.04. The summed E-state index contributed by atoms with van der Waals surface area (Å²) in [5.74, 6) is 1.51. The summed E-state index contributed by atoms with van der Waals surface area (Å²) in [6.45, 7) is 4.19. The van der Waals surface area contributed by atoms with Gasteiger partial charge < -0.3 is 10.3 Å². The predicted octanol–water partition coefficient (Wildman–Crippen LogP) is 5.68. The van der Waals surface area contributed by atoms with E-state index in [1.165, 1.54) is 24.8 Å². The van der Waals surface area contributed by atoms with Crippen molar-refractivity contribution < 1.29 is 0 Å². The number of nitrogens with zero attached hydrogens (tertiary/aromatic N) is 3. The van der Waals surface area contributed by atoms with Crippen LogP contribution in [0.5, 0.6) is 0 Å². The van der Waals surface area contributed by atoms with Crippen molar-refractivity contribution in [2.75, 3.05) is 13.1 Å². The largest absolute Gasteiger partial charge is 0.341 e. The minimum absolute atomic E-state index is 0.1000. The molecular weight excluding hydrogens is 434 g/mol. The van der Waals surface area contributed by atoms with Crippen LogP contribution in [0.25, 0.3) is 33.5 Å². The Bertz CT molecular complexity index is 1410. The number of piperidine rings is 1. The first kappa shape index (κ1) is 22.4. The quantitative estimate of drug-likeness (QED) is 0.404. The Morgan fingerprint density at radius 2 is 1.71 bits per heavy atom. The number of H-pyrrole nitrogens is 1. The maximum absolute atomic E-state index is 13.3. The van der Waals surface area contributed by atoms with E-state index in [9.17, 15) is 4.79 Å². The van der Waals surface area contributed by atoms with Gasteiger partial charge in [0.15, 0.2) is 0 Å². The number of benzene rings is 2. The molecule has 2 N–H and O–H groups in total. The van der Waals surface area contributed by atoms with Crippen LogP contribution in [-0.4, -0.2) is 32.2 Å². The first-order valence-electron chi connectivity index (χ1n) is 13.2. The lowest BCUT2D eigenvalue weighted by molar-refractivity contribution is 0.351. The normalized spacial score (nSPS) is 17.9. The van der Waals surface area contributed by atoms with Crippen molar-refractivity contribution in [2.24, 2.45) is 7.05 Å². The van der Waals surface area contributed by atoms with Gasteiger partial charge in [0.2, 0.25) is 0 Å². The molecule has 0 amide bonds. The van der Waals surface area contributed by atoms with Crippen molar-refractivity contribution in [2.45, 2.75) is 63.8 Å². The van der Waals surface area contributed by atoms with Crippen LogP contribution in [0.1, 0.15) is 68.3 Å². The van der Waals surface area contributed by atoms with Gasteiger partial charge >= 0.3 is 5.69 Å². The van der Waals surface area contributed by atoms with E-state index in [1.54, 1.807) is 0 Å². The Hall–Kier alpha value is -3.12. The summed E-state index contributed by atoms with van der Waals surface area (Å²) in [6, 6.07) is 15.4. The lowest BCUT2D eigenvalue weighted by Gasteiger charge is -2.22. The molecule has 0 radical (unpaired) electrons. The van der Waals surface area contributed by atoms with Crippen LogP contribution in [0.4, 0.5) is 0 Å². The third-order valence-electron chi connectivity index (χ3n) is 8.06. The summed E-state index contributed by atoms with van der Waals surface area (Å²) in [5.41, 5.74) is 7.62. The summed E-state index contributed by atoms with van der Waals surface area (Å²) in [7, 11) is 1.91. The van der Waals surface area contributed by atoms with Crippen LogP contribution in [-0.2, 0) is 7.05 Å². The van der Waals surface area contributed by atoms with Crippen molar-refractivity contribution in [1.29, 1.82) is 0 Å². The SMILES string of the molecule is Cc1cccc(-c2nc(C3CCNCC3)[nH]c2-c2ccc3c(c2)n(C)c(=O)n3C2CCCCC2)c1. The van der Waals surface area contributed by atoms with Crippen molar-refractivity contribution in [3.63, 3.8) is 0 Å². The van der Waals surface area contributed by atoms with Crippen molar-refractivity contribution in [3.8, 4) is 22.5 Å². The molecule has 6 nitrogen and oxygen atoms in total. The zero-order valence-electron chi connectivity index (χ0n) is 20.8. The van der Waals surface area contributed by atoms with Gasteiger partial charge in [0.05, 0.1) is 22.4 Å². The van der Waals surface area contributed by atoms with Gasteiger partial charge in [0, 0.05) is 30.1 Å². The van der Waals surface area contributed by atoms with E-state index < -0.39 is 0 Å². The molecule has 1 aliphatic carbocycles. The van der Waals surface area contributed by atoms with Gasteiger partial charge in [-0.05, 0) is 63.9 Å². The van der Waals surface area contributed by atoms with E-state index >= 15 is 0 Å². The molecule has 1 saturated heterocycles. The molecule has 1 saturated carbocycles. The Labute approximate surface area is 206 Å². The molecule has 1 aliphatic heterocycles. The molecule has 0 atom stereocenters. The second-order valence-electron chi connectivity index (χ2n) is 10.4. The molecule has 2 aromatic carbocycles. The average Bonchev–Trinajstić information content (AvgIpc) is 3.45. The van der Waals surface area contributed by atoms with Crippen LogP contribution < -0.4 is 11.0 Å². The Morgan fingerprint density at radius 3 is 2.49 bits per heavy atom. The minimum Gasteiger partial charge on any atom is -0.341 e. The van der Waals surface area contributed by atoms with Gasteiger partial charge in [0.25, 0.3) is 0 Å². The van der Waals surface area contributed by atoms with E-state index in [0.717, 1.165) is 78.1 Å². The number of hydrogen-bond donors (Lipinski definition) is 2. The maximum Gasteiger partial charge on any atom is 0.329 e. The van der Waals surface area contributed by atoms with E-state index in [2.05, 4.69) is 59.7 Å². The van der Waals surface area contributed by atoms with Gasteiger partial charge in [-0.25, -0.2) is 9.78 Å². The van der Waals surface area contributed by atoms with Gasteiger partial charge in [0.1, 0.15) is 5.82 Å². The molecule has 3 heterocycles. The fourth-order valence-corrected chi connectivity index (χ4v) is 6.10. The highest BCUT2D eigenvalue weighted by Gasteiger charge is 2.24. The van der Waals surface area contributed by atoms with Gasteiger partial charge in [-0.1, -0.05) is 49.1 Å². The number of hydrogen-bond acceptors (Lipinski definition) is 3.